The third-order valence-electron chi connectivity index (χ3n) is 3.15. The molecule has 0 atom stereocenters. The van der Waals surface area contributed by atoms with Gasteiger partial charge in [0.05, 0.1) is 12.7 Å². The number of aryl methyl sites for hydroxylation is 2. The predicted molar refractivity (Wildman–Crippen MR) is 82.6 cm³/mol. The number of benzene rings is 2. The Kier molecular flexibility index (Phi) is 4.36. The van der Waals surface area contributed by atoms with Crippen LogP contribution in [0.3, 0.4) is 0 Å². The first-order valence-corrected chi connectivity index (χ1v) is 6.54. The molecule has 0 unspecified atom stereocenters. The molecule has 2 aromatic carbocycles. The molecule has 0 fully saturated rings. The number of rotatable bonds is 3. The first kappa shape index (κ1) is 14.1. The SMILES string of the molecule is COC(=O)c1c(C)cc(C)cc1/C=C/c1ccccc1. The van der Waals surface area contributed by atoms with E-state index in [0.29, 0.717) is 5.56 Å². The van der Waals surface area contributed by atoms with E-state index in [1.165, 1.54) is 7.11 Å². The van der Waals surface area contributed by atoms with Crippen LogP contribution in [0.2, 0.25) is 0 Å². The van der Waals surface area contributed by atoms with Crippen LogP contribution >= 0.6 is 0 Å². The Morgan fingerprint density at radius 1 is 1.05 bits per heavy atom. The van der Waals surface area contributed by atoms with E-state index in [4.69, 9.17) is 4.74 Å². The van der Waals surface area contributed by atoms with E-state index >= 15 is 0 Å². The second kappa shape index (κ2) is 6.20. The molecule has 0 amide bonds. The number of methoxy groups -OCH3 is 1. The summed E-state index contributed by atoms with van der Waals surface area (Å²) in [6, 6.07) is 14.0. The molecule has 0 aliphatic carbocycles. The van der Waals surface area contributed by atoms with Crippen molar-refractivity contribution in [3.8, 4) is 0 Å². The van der Waals surface area contributed by atoms with Crippen molar-refractivity contribution in [3.63, 3.8) is 0 Å². The molecule has 0 saturated carbocycles. The summed E-state index contributed by atoms with van der Waals surface area (Å²) in [6.07, 6.45) is 3.96. The standard InChI is InChI=1S/C18H18O2/c1-13-11-14(2)17(18(19)20-3)16(12-13)10-9-15-7-5-4-6-8-15/h4-12H,1-3H3/b10-9+. The van der Waals surface area contributed by atoms with E-state index in [2.05, 4.69) is 0 Å². The number of ether oxygens (including phenoxy) is 1. The maximum absolute atomic E-state index is 11.9. The highest BCUT2D eigenvalue weighted by atomic mass is 16.5. The van der Waals surface area contributed by atoms with Crippen LogP contribution < -0.4 is 0 Å². The molecule has 2 nitrogen and oxygen atoms in total. The molecule has 0 saturated heterocycles. The van der Waals surface area contributed by atoms with Crippen LogP contribution in [0.5, 0.6) is 0 Å². The topological polar surface area (TPSA) is 26.3 Å². The van der Waals surface area contributed by atoms with Crippen LogP contribution in [-0.2, 0) is 4.74 Å². The summed E-state index contributed by atoms with van der Waals surface area (Å²) in [5.41, 5.74) is 4.68. The molecule has 0 heterocycles. The van der Waals surface area contributed by atoms with Crippen molar-refractivity contribution in [2.75, 3.05) is 7.11 Å². The molecule has 2 rings (SSSR count). The van der Waals surface area contributed by atoms with E-state index in [0.717, 1.165) is 22.3 Å². The summed E-state index contributed by atoms with van der Waals surface area (Å²) in [5, 5.41) is 0. The summed E-state index contributed by atoms with van der Waals surface area (Å²) < 4.78 is 4.88. The van der Waals surface area contributed by atoms with Crippen LogP contribution in [0.1, 0.15) is 32.6 Å². The zero-order chi connectivity index (χ0) is 14.5. The molecule has 0 N–H and O–H groups in total. The number of carbonyl (C=O) groups excluding carboxylic acids is 1. The molecule has 0 bridgehead atoms. The Bertz CT molecular complexity index is 640. The van der Waals surface area contributed by atoms with E-state index in [-0.39, 0.29) is 5.97 Å². The average molecular weight is 266 g/mol. The van der Waals surface area contributed by atoms with Gasteiger partial charge in [-0.05, 0) is 30.5 Å². The first-order chi connectivity index (χ1) is 9.61. The molecule has 0 radical (unpaired) electrons. The smallest absolute Gasteiger partial charge is 0.338 e. The molecular formula is C18H18O2. The molecule has 0 aromatic heterocycles. The second-order valence-corrected chi connectivity index (χ2v) is 4.78. The average Bonchev–Trinajstić information content (AvgIpc) is 2.45. The van der Waals surface area contributed by atoms with Crippen molar-refractivity contribution in [2.24, 2.45) is 0 Å². The van der Waals surface area contributed by atoms with Crippen molar-refractivity contribution in [2.45, 2.75) is 13.8 Å². The number of carbonyl (C=O) groups is 1. The lowest BCUT2D eigenvalue weighted by Gasteiger charge is -2.09. The fourth-order valence-corrected chi connectivity index (χ4v) is 2.26. The highest BCUT2D eigenvalue weighted by molar-refractivity contribution is 5.96. The third kappa shape index (κ3) is 3.15. The normalized spacial score (nSPS) is 10.8. The van der Waals surface area contributed by atoms with Crippen LogP contribution in [0.15, 0.2) is 42.5 Å². The lowest BCUT2D eigenvalue weighted by Crippen LogP contribution is -2.06. The van der Waals surface area contributed by atoms with Gasteiger partial charge >= 0.3 is 5.97 Å². The predicted octanol–water partition coefficient (Wildman–Crippen LogP) is 4.26. The van der Waals surface area contributed by atoms with Gasteiger partial charge in [-0.25, -0.2) is 4.79 Å². The Morgan fingerprint density at radius 2 is 1.75 bits per heavy atom. The minimum absolute atomic E-state index is 0.296. The van der Waals surface area contributed by atoms with Crippen molar-refractivity contribution >= 4 is 18.1 Å². The zero-order valence-corrected chi connectivity index (χ0v) is 12.0. The van der Waals surface area contributed by atoms with Gasteiger partial charge < -0.3 is 4.74 Å². The van der Waals surface area contributed by atoms with Gasteiger partial charge in [0.2, 0.25) is 0 Å². The minimum Gasteiger partial charge on any atom is -0.465 e. The summed E-state index contributed by atoms with van der Waals surface area (Å²) in [4.78, 5) is 11.9. The summed E-state index contributed by atoms with van der Waals surface area (Å²) in [7, 11) is 1.41. The highest BCUT2D eigenvalue weighted by Gasteiger charge is 2.13. The van der Waals surface area contributed by atoms with Gasteiger partial charge in [0.1, 0.15) is 0 Å². The van der Waals surface area contributed by atoms with E-state index in [1.807, 2.05) is 68.5 Å². The fourth-order valence-electron chi connectivity index (χ4n) is 2.26. The zero-order valence-electron chi connectivity index (χ0n) is 12.0. The molecular weight excluding hydrogens is 248 g/mol. The van der Waals surface area contributed by atoms with Crippen LogP contribution in [0.25, 0.3) is 12.2 Å². The Balaban J connectivity index is 2.45. The lowest BCUT2D eigenvalue weighted by atomic mass is 9.98. The van der Waals surface area contributed by atoms with Gasteiger partial charge in [0.15, 0.2) is 0 Å². The molecule has 2 heteroatoms. The number of hydrogen-bond donors (Lipinski definition) is 0. The maximum Gasteiger partial charge on any atom is 0.338 e. The Morgan fingerprint density at radius 3 is 2.40 bits per heavy atom. The van der Waals surface area contributed by atoms with Gasteiger partial charge in [-0.3, -0.25) is 0 Å². The molecule has 20 heavy (non-hydrogen) atoms. The van der Waals surface area contributed by atoms with Crippen molar-refractivity contribution in [1.82, 2.24) is 0 Å². The third-order valence-corrected chi connectivity index (χ3v) is 3.15. The molecule has 2 aromatic rings. The second-order valence-electron chi connectivity index (χ2n) is 4.78. The lowest BCUT2D eigenvalue weighted by molar-refractivity contribution is 0.0599. The Labute approximate surface area is 119 Å². The van der Waals surface area contributed by atoms with Gasteiger partial charge in [-0.1, -0.05) is 60.2 Å². The van der Waals surface area contributed by atoms with Crippen LogP contribution in [0.4, 0.5) is 0 Å². The van der Waals surface area contributed by atoms with Gasteiger partial charge in [0.25, 0.3) is 0 Å². The fraction of sp³-hybridized carbons (Fsp3) is 0.167. The van der Waals surface area contributed by atoms with Crippen molar-refractivity contribution in [1.29, 1.82) is 0 Å². The summed E-state index contributed by atoms with van der Waals surface area (Å²) >= 11 is 0. The van der Waals surface area contributed by atoms with Gasteiger partial charge in [-0.2, -0.15) is 0 Å². The number of hydrogen-bond acceptors (Lipinski definition) is 2. The molecule has 0 spiro atoms. The van der Waals surface area contributed by atoms with E-state index < -0.39 is 0 Å². The van der Waals surface area contributed by atoms with Gasteiger partial charge in [0, 0.05) is 0 Å². The van der Waals surface area contributed by atoms with Crippen LogP contribution in [0, 0.1) is 13.8 Å². The maximum atomic E-state index is 11.9. The first-order valence-electron chi connectivity index (χ1n) is 6.54. The van der Waals surface area contributed by atoms with Crippen molar-refractivity contribution < 1.29 is 9.53 Å². The molecule has 102 valence electrons. The molecule has 0 aliphatic rings. The van der Waals surface area contributed by atoms with E-state index in [1.54, 1.807) is 0 Å². The largest absolute Gasteiger partial charge is 0.465 e. The summed E-state index contributed by atoms with van der Waals surface area (Å²) in [5.74, 6) is -0.296. The quantitative estimate of drug-likeness (QED) is 0.613. The Hall–Kier alpha value is -2.35. The summed E-state index contributed by atoms with van der Waals surface area (Å²) in [6.45, 7) is 3.95. The van der Waals surface area contributed by atoms with Gasteiger partial charge in [-0.15, -0.1) is 0 Å². The molecule has 0 aliphatic heterocycles. The minimum atomic E-state index is -0.296. The monoisotopic (exact) mass is 266 g/mol. The van der Waals surface area contributed by atoms with E-state index in [9.17, 15) is 4.79 Å². The highest BCUT2D eigenvalue weighted by Crippen LogP contribution is 2.20. The van der Waals surface area contributed by atoms with Crippen LogP contribution in [-0.4, -0.2) is 13.1 Å². The number of esters is 1. The van der Waals surface area contributed by atoms with Crippen molar-refractivity contribution in [3.05, 3.63) is 70.3 Å².